The number of aromatic nitrogens is 2. The van der Waals surface area contributed by atoms with Crippen molar-refractivity contribution in [3.63, 3.8) is 0 Å². The Labute approximate surface area is 130 Å². The fourth-order valence-corrected chi connectivity index (χ4v) is 3.00. The van der Waals surface area contributed by atoms with Gasteiger partial charge in [0.05, 0.1) is 0 Å². The van der Waals surface area contributed by atoms with E-state index in [0.717, 1.165) is 27.7 Å². The zero-order chi connectivity index (χ0) is 13.8. The molecule has 0 bridgehead atoms. The van der Waals surface area contributed by atoms with Gasteiger partial charge in [0.1, 0.15) is 5.82 Å². The van der Waals surface area contributed by atoms with Gasteiger partial charge in [-0.25, -0.2) is 4.98 Å². The molecule has 0 spiro atoms. The number of rotatable bonds is 5. The molecule has 0 saturated carbocycles. The zero-order valence-electron chi connectivity index (χ0n) is 11.0. The fourth-order valence-electron chi connectivity index (χ4n) is 2.10. The third kappa shape index (κ3) is 3.68. The minimum atomic E-state index is 0.248. The molecule has 102 valence electrons. The quantitative estimate of drug-likeness (QED) is 0.845. The summed E-state index contributed by atoms with van der Waals surface area (Å²) in [5.41, 5.74) is 1.25. The van der Waals surface area contributed by atoms with E-state index in [1.165, 1.54) is 5.56 Å². The van der Waals surface area contributed by atoms with Crippen molar-refractivity contribution in [2.24, 2.45) is 7.05 Å². The second kappa shape index (κ2) is 6.68. The summed E-state index contributed by atoms with van der Waals surface area (Å²) in [4.78, 5) is 4.41. The molecule has 0 fully saturated rings. The van der Waals surface area contributed by atoms with E-state index in [-0.39, 0.29) is 6.04 Å². The summed E-state index contributed by atoms with van der Waals surface area (Å²) >= 11 is 7.17. The Bertz CT molecular complexity index is 551. The number of halogens is 2. The van der Waals surface area contributed by atoms with Crippen molar-refractivity contribution in [1.29, 1.82) is 0 Å². The van der Waals surface area contributed by atoms with Crippen molar-refractivity contribution in [3.05, 3.63) is 50.9 Å². The van der Waals surface area contributed by atoms with Crippen LogP contribution in [-0.4, -0.2) is 16.1 Å². The lowest BCUT2D eigenvalue weighted by Gasteiger charge is -2.20. The topological polar surface area (TPSA) is 29.9 Å². The molecule has 1 N–H and O–H groups in total. The number of benzene rings is 1. The smallest absolute Gasteiger partial charge is 0.110 e. The Morgan fingerprint density at radius 1 is 1.37 bits per heavy atom. The molecule has 1 atom stereocenters. The highest BCUT2D eigenvalue weighted by atomic mass is 79.9. The summed E-state index contributed by atoms with van der Waals surface area (Å²) in [6.45, 7) is 3.05. The molecular weight excluding hydrogens is 370 g/mol. The molecular formula is C14H17Br2N3. The molecule has 3 nitrogen and oxygen atoms in total. The summed E-state index contributed by atoms with van der Waals surface area (Å²) in [7, 11) is 2.03. The van der Waals surface area contributed by atoms with Gasteiger partial charge in [-0.15, -0.1) is 0 Å². The van der Waals surface area contributed by atoms with Crippen LogP contribution in [0.4, 0.5) is 0 Å². The van der Waals surface area contributed by atoms with E-state index < -0.39 is 0 Å². The van der Waals surface area contributed by atoms with E-state index in [0.29, 0.717) is 0 Å². The van der Waals surface area contributed by atoms with Gasteiger partial charge in [0.15, 0.2) is 0 Å². The molecule has 0 aliphatic heterocycles. The molecule has 0 radical (unpaired) electrons. The number of aryl methyl sites for hydroxylation is 1. The van der Waals surface area contributed by atoms with E-state index in [1.54, 1.807) is 0 Å². The van der Waals surface area contributed by atoms with E-state index >= 15 is 0 Å². The third-order valence-electron chi connectivity index (χ3n) is 3.09. The summed E-state index contributed by atoms with van der Waals surface area (Å²) in [5.74, 6) is 1.08. The lowest BCUT2D eigenvalue weighted by atomic mass is 10.0. The summed E-state index contributed by atoms with van der Waals surface area (Å²) in [6.07, 6.45) is 4.69. The fraction of sp³-hybridized carbons (Fsp3) is 0.357. The van der Waals surface area contributed by atoms with Gasteiger partial charge in [0.2, 0.25) is 0 Å². The van der Waals surface area contributed by atoms with E-state index in [1.807, 2.05) is 25.5 Å². The second-order valence-corrected chi connectivity index (χ2v) is 6.20. The maximum Gasteiger partial charge on any atom is 0.110 e. The van der Waals surface area contributed by atoms with Gasteiger partial charge >= 0.3 is 0 Å². The van der Waals surface area contributed by atoms with E-state index in [9.17, 15) is 0 Å². The van der Waals surface area contributed by atoms with Crippen LogP contribution in [0.15, 0.2) is 39.5 Å². The van der Waals surface area contributed by atoms with Crippen LogP contribution in [0.2, 0.25) is 0 Å². The lowest BCUT2D eigenvalue weighted by Crippen LogP contribution is -2.24. The molecule has 1 unspecified atom stereocenters. The van der Waals surface area contributed by atoms with Crippen LogP contribution in [0.3, 0.4) is 0 Å². The highest BCUT2D eigenvalue weighted by molar-refractivity contribution is 9.11. The summed E-state index contributed by atoms with van der Waals surface area (Å²) in [6, 6.07) is 6.51. The van der Waals surface area contributed by atoms with Gasteiger partial charge in [-0.2, -0.15) is 0 Å². The van der Waals surface area contributed by atoms with Crippen molar-refractivity contribution in [2.75, 3.05) is 6.54 Å². The summed E-state index contributed by atoms with van der Waals surface area (Å²) < 4.78 is 4.28. The Morgan fingerprint density at radius 3 is 2.79 bits per heavy atom. The number of imidazole rings is 1. The molecule has 1 aromatic heterocycles. The Hall–Kier alpha value is -0.650. The first-order valence-corrected chi connectivity index (χ1v) is 7.85. The number of hydrogen-bond donors (Lipinski definition) is 1. The van der Waals surface area contributed by atoms with Crippen molar-refractivity contribution in [2.45, 2.75) is 19.4 Å². The van der Waals surface area contributed by atoms with Gasteiger partial charge in [0.25, 0.3) is 0 Å². The van der Waals surface area contributed by atoms with Crippen LogP contribution in [0.5, 0.6) is 0 Å². The van der Waals surface area contributed by atoms with Crippen molar-refractivity contribution >= 4 is 31.9 Å². The molecule has 0 saturated heterocycles. The highest BCUT2D eigenvalue weighted by Gasteiger charge is 2.16. The lowest BCUT2D eigenvalue weighted by molar-refractivity contribution is 0.527. The predicted octanol–water partition coefficient (Wildman–Crippen LogP) is 3.84. The number of hydrogen-bond acceptors (Lipinski definition) is 2. The summed E-state index contributed by atoms with van der Waals surface area (Å²) in [5, 5.41) is 3.53. The average Bonchev–Trinajstić information content (AvgIpc) is 2.78. The Balaban J connectivity index is 2.29. The maximum atomic E-state index is 4.41. The molecule has 5 heteroatoms. The van der Waals surface area contributed by atoms with Gasteiger partial charge in [-0.05, 0) is 30.3 Å². The Kier molecular flexibility index (Phi) is 5.19. The van der Waals surface area contributed by atoms with Crippen LogP contribution in [0.25, 0.3) is 0 Å². The van der Waals surface area contributed by atoms with Gasteiger partial charge in [-0.1, -0.05) is 38.8 Å². The molecule has 1 heterocycles. The molecule has 0 aliphatic rings. The van der Waals surface area contributed by atoms with Crippen LogP contribution < -0.4 is 5.32 Å². The molecule has 2 aromatic rings. The number of likely N-dealkylation sites (N-methyl/N-ethyl adjacent to an activating group) is 1. The largest absolute Gasteiger partial charge is 0.338 e. The first-order chi connectivity index (χ1) is 9.11. The average molecular weight is 387 g/mol. The van der Waals surface area contributed by atoms with Gasteiger partial charge < -0.3 is 9.88 Å². The number of nitrogens with one attached hydrogen (secondary N) is 1. The highest BCUT2D eigenvalue weighted by Crippen LogP contribution is 2.28. The monoisotopic (exact) mass is 385 g/mol. The molecule has 19 heavy (non-hydrogen) atoms. The first-order valence-electron chi connectivity index (χ1n) is 6.26. The van der Waals surface area contributed by atoms with Crippen LogP contribution >= 0.6 is 31.9 Å². The van der Waals surface area contributed by atoms with E-state index in [2.05, 4.69) is 65.8 Å². The van der Waals surface area contributed by atoms with Crippen molar-refractivity contribution in [3.8, 4) is 0 Å². The minimum Gasteiger partial charge on any atom is -0.338 e. The van der Waals surface area contributed by atoms with E-state index in [4.69, 9.17) is 0 Å². The second-order valence-electron chi connectivity index (χ2n) is 4.43. The molecule has 1 aromatic carbocycles. The Morgan fingerprint density at radius 2 is 2.16 bits per heavy atom. The van der Waals surface area contributed by atoms with Gasteiger partial charge in [0, 0.05) is 40.8 Å². The van der Waals surface area contributed by atoms with Crippen molar-refractivity contribution in [1.82, 2.24) is 14.9 Å². The molecule has 0 aliphatic carbocycles. The van der Waals surface area contributed by atoms with Crippen LogP contribution in [0.1, 0.15) is 24.4 Å². The molecule has 2 rings (SSSR count). The SMILES string of the molecule is CCNC(Cc1nccn1C)c1cc(Br)ccc1Br. The standard InChI is InChI=1S/C14H17Br2N3/c1-3-17-13(9-14-18-6-7-19(14)2)11-8-10(15)4-5-12(11)16/h4-8,13,17H,3,9H2,1-2H3. The number of nitrogens with zero attached hydrogens (tertiary/aromatic N) is 2. The maximum absolute atomic E-state index is 4.41. The first kappa shape index (κ1) is 14.8. The predicted molar refractivity (Wildman–Crippen MR) is 85.2 cm³/mol. The van der Waals surface area contributed by atoms with Crippen LogP contribution in [-0.2, 0) is 13.5 Å². The normalized spacial score (nSPS) is 12.6. The third-order valence-corrected chi connectivity index (χ3v) is 4.31. The molecule has 0 amide bonds. The van der Waals surface area contributed by atoms with Crippen molar-refractivity contribution < 1.29 is 0 Å². The minimum absolute atomic E-state index is 0.248. The zero-order valence-corrected chi connectivity index (χ0v) is 14.2. The van der Waals surface area contributed by atoms with Crippen LogP contribution in [0, 0.1) is 0 Å². The van der Waals surface area contributed by atoms with Gasteiger partial charge in [-0.3, -0.25) is 0 Å².